The number of anilines is 1. The molecule has 0 bridgehead atoms. The number of nitrogens with zero attached hydrogens (tertiary/aromatic N) is 1. The highest BCUT2D eigenvalue weighted by atomic mass is 35.5. The van der Waals surface area contributed by atoms with Crippen LogP contribution in [0, 0.1) is 0 Å². The van der Waals surface area contributed by atoms with E-state index in [4.69, 9.17) is 21.1 Å². The fourth-order valence-electron chi connectivity index (χ4n) is 2.60. The number of carbonyl (C=O) groups is 1. The van der Waals surface area contributed by atoms with Gasteiger partial charge in [0.25, 0.3) is 0 Å². The quantitative estimate of drug-likeness (QED) is 0.647. The van der Waals surface area contributed by atoms with Crippen LogP contribution in [0.4, 0.5) is 5.69 Å². The summed E-state index contributed by atoms with van der Waals surface area (Å²) >= 11 is 6.10. The van der Waals surface area contributed by atoms with Crippen molar-refractivity contribution < 1.29 is 22.7 Å². The molecule has 29 heavy (non-hydrogen) atoms. The van der Waals surface area contributed by atoms with Crippen molar-refractivity contribution in [2.75, 3.05) is 24.2 Å². The molecule has 0 atom stereocenters. The van der Waals surface area contributed by atoms with Crippen molar-refractivity contribution in [1.82, 2.24) is 5.32 Å². The van der Waals surface area contributed by atoms with Crippen LogP contribution in [0.2, 0.25) is 5.02 Å². The second-order valence-corrected chi connectivity index (χ2v) is 8.96. The number of benzene rings is 2. The van der Waals surface area contributed by atoms with E-state index >= 15 is 0 Å². The molecule has 158 valence electrons. The third-order valence-corrected chi connectivity index (χ3v) is 5.34. The van der Waals surface area contributed by atoms with Gasteiger partial charge in [0.2, 0.25) is 15.9 Å². The van der Waals surface area contributed by atoms with Gasteiger partial charge in [0, 0.05) is 6.54 Å². The molecule has 1 N–H and O–H groups in total. The molecule has 9 heteroatoms. The van der Waals surface area contributed by atoms with E-state index < -0.39 is 15.9 Å². The number of para-hydroxylation sites is 1. The number of hydrogen-bond donors (Lipinski definition) is 1. The maximum absolute atomic E-state index is 12.4. The SMILES string of the molecule is COc1cc(CNC(=O)CN(c2ccccc2Cl)S(C)(=O)=O)ccc1OC(C)C. The summed E-state index contributed by atoms with van der Waals surface area (Å²) in [5.41, 5.74) is 1.04. The zero-order valence-corrected chi connectivity index (χ0v) is 18.4. The van der Waals surface area contributed by atoms with E-state index in [1.165, 1.54) is 0 Å². The van der Waals surface area contributed by atoms with Gasteiger partial charge in [0.1, 0.15) is 6.54 Å². The molecule has 7 nitrogen and oxygen atoms in total. The monoisotopic (exact) mass is 440 g/mol. The Balaban J connectivity index is 2.09. The average molecular weight is 441 g/mol. The van der Waals surface area contributed by atoms with Crippen molar-refractivity contribution in [1.29, 1.82) is 0 Å². The number of carbonyl (C=O) groups excluding carboxylic acids is 1. The number of ether oxygens (including phenoxy) is 2. The first-order valence-corrected chi connectivity index (χ1v) is 11.2. The number of hydrogen-bond acceptors (Lipinski definition) is 5. The van der Waals surface area contributed by atoms with E-state index in [0.29, 0.717) is 11.5 Å². The van der Waals surface area contributed by atoms with E-state index in [9.17, 15) is 13.2 Å². The molecule has 0 heterocycles. The summed E-state index contributed by atoms with van der Waals surface area (Å²) in [5.74, 6) is 0.704. The highest BCUT2D eigenvalue weighted by Gasteiger charge is 2.22. The normalized spacial score (nSPS) is 11.2. The van der Waals surface area contributed by atoms with Gasteiger partial charge in [-0.3, -0.25) is 9.10 Å². The zero-order chi connectivity index (χ0) is 21.6. The zero-order valence-electron chi connectivity index (χ0n) is 16.8. The minimum Gasteiger partial charge on any atom is -0.493 e. The summed E-state index contributed by atoms with van der Waals surface area (Å²) in [7, 11) is -2.15. The first-order valence-electron chi connectivity index (χ1n) is 8.94. The van der Waals surface area contributed by atoms with Crippen LogP contribution in [0.1, 0.15) is 19.4 Å². The Kier molecular flexibility index (Phi) is 7.75. The molecular formula is C20H25ClN2O5S. The third kappa shape index (κ3) is 6.54. The van der Waals surface area contributed by atoms with E-state index in [1.807, 2.05) is 19.9 Å². The van der Waals surface area contributed by atoms with Gasteiger partial charge in [-0.15, -0.1) is 0 Å². The van der Waals surface area contributed by atoms with Crippen LogP contribution in [0.5, 0.6) is 11.5 Å². The lowest BCUT2D eigenvalue weighted by molar-refractivity contribution is -0.119. The van der Waals surface area contributed by atoms with Crippen LogP contribution in [0.15, 0.2) is 42.5 Å². The number of amides is 1. The maximum atomic E-state index is 12.4. The lowest BCUT2D eigenvalue weighted by Gasteiger charge is -2.23. The Labute approximate surface area is 176 Å². The van der Waals surface area contributed by atoms with Crippen LogP contribution in [0.3, 0.4) is 0 Å². The van der Waals surface area contributed by atoms with Crippen molar-refractivity contribution in [2.45, 2.75) is 26.5 Å². The molecule has 0 radical (unpaired) electrons. The molecule has 0 saturated carbocycles. The Bertz CT molecular complexity index is 963. The van der Waals surface area contributed by atoms with Gasteiger partial charge in [-0.2, -0.15) is 0 Å². The Morgan fingerprint density at radius 2 is 1.86 bits per heavy atom. The number of methoxy groups -OCH3 is 1. The van der Waals surface area contributed by atoms with Crippen molar-refractivity contribution in [3.05, 3.63) is 53.1 Å². The van der Waals surface area contributed by atoms with Crippen LogP contribution in [0.25, 0.3) is 0 Å². The minimum atomic E-state index is -3.69. The molecule has 0 aliphatic carbocycles. The second-order valence-electron chi connectivity index (χ2n) is 6.65. The number of sulfonamides is 1. The topological polar surface area (TPSA) is 84.9 Å². The van der Waals surface area contributed by atoms with Crippen LogP contribution < -0.4 is 19.1 Å². The van der Waals surface area contributed by atoms with Crippen LogP contribution in [-0.4, -0.2) is 40.3 Å². The number of nitrogens with one attached hydrogen (secondary N) is 1. The number of halogens is 1. The van der Waals surface area contributed by atoms with Crippen molar-refractivity contribution in [3.8, 4) is 11.5 Å². The van der Waals surface area contributed by atoms with Crippen molar-refractivity contribution in [3.63, 3.8) is 0 Å². The van der Waals surface area contributed by atoms with Gasteiger partial charge in [0.05, 0.1) is 30.2 Å². The molecule has 0 aromatic heterocycles. The molecule has 2 aromatic rings. The first kappa shape index (κ1) is 22.8. The smallest absolute Gasteiger partial charge is 0.241 e. The van der Waals surface area contributed by atoms with Crippen LogP contribution >= 0.6 is 11.6 Å². The summed E-state index contributed by atoms with van der Waals surface area (Å²) in [6.07, 6.45) is 1.03. The van der Waals surface area contributed by atoms with Crippen LogP contribution in [-0.2, 0) is 21.4 Å². The predicted octanol–water partition coefficient (Wildman–Crippen LogP) is 3.22. The van der Waals surface area contributed by atoms with Gasteiger partial charge in [0.15, 0.2) is 11.5 Å². The van der Waals surface area contributed by atoms with E-state index in [0.717, 1.165) is 16.1 Å². The number of rotatable bonds is 9. The van der Waals surface area contributed by atoms with Gasteiger partial charge in [-0.1, -0.05) is 29.8 Å². The lowest BCUT2D eigenvalue weighted by atomic mass is 10.2. The molecule has 0 aliphatic heterocycles. The average Bonchev–Trinajstić information content (AvgIpc) is 2.64. The van der Waals surface area contributed by atoms with Gasteiger partial charge < -0.3 is 14.8 Å². The molecule has 0 spiro atoms. The second kappa shape index (κ2) is 9.84. The summed E-state index contributed by atoms with van der Waals surface area (Å²) in [6.45, 7) is 3.66. The maximum Gasteiger partial charge on any atom is 0.241 e. The largest absolute Gasteiger partial charge is 0.493 e. The molecule has 0 fully saturated rings. The highest BCUT2D eigenvalue weighted by Crippen LogP contribution is 2.29. The molecule has 2 rings (SSSR count). The molecule has 0 unspecified atom stereocenters. The van der Waals surface area contributed by atoms with E-state index in [2.05, 4.69) is 5.32 Å². The summed E-state index contributed by atoms with van der Waals surface area (Å²) < 4.78 is 36.3. The minimum absolute atomic E-state index is 0.00115. The molecule has 1 amide bonds. The molecular weight excluding hydrogens is 416 g/mol. The van der Waals surface area contributed by atoms with Gasteiger partial charge in [-0.05, 0) is 43.7 Å². The fourth-order valence-corrected chi connectivity index (χ4v) is 3.75. The summed E-state index contributed by atoms with van der Waals surface area (Å²) in [4.78, 5) is 12.4. The first-order chi connectivity index (χ1) is 13.6. The summed E-state index contributed by atoms with van der Waals surface area (Å²) in [5, 5.41) is 2.96. The van der Waals surface area contributed by atoms with Gasteiger partial charge in [-0.25, -0.2) is 8.42 Å². The van der Waals surface area contributed by atoms with Crippen molar-refractivity contribution in [2.24, 2.45) is 0 Å². The van der Waals surface area contributed by atoms with E-state index in [-0.39, 0.29) is 29.9 Å². The molecule has 0 aliphatic rings. The standard InChI is InChI=1S/C20H25ClN2O5S/c1-14(2)28-18-10-9-15(11-19(18)27-3)12-22-20(24)13-23(29(4,25)26)17-8-6-5-7-16(17)21/h5-11,14H,12-13H2,1-4H3,(H,22,24). The molecule has 2 aromatic carbocycles. The lowest BCUT2D eigenvalue weighted by Crippen LogP contribution is -2.40. The Hall–Kier alpha value is -2.45. The molecule has 0 saturated heterocycles. The Morgan fingerprint density at radius 3 is 2.45 bits per heavy atom. The third-order valence-electron chi connectivity index (χ3n) is 3.89. The highest BCUT2D eigenvalue weighted by molar-refractivity contribution is 7.92. The summed E-state index contributed by atoms with van der Waals surface area (Å²) in [6, 6.07) is 11.8. The van der Waals surface area contributed by atoms with Gasteiger partial charge >= 0.3 is 0 Å². The van der Waals surface area contributed by atoms with E-state index in [1.54, 1.807) is 43.5 Å². The Morgan fingerprint density at radius 1 is 1.17 bits per heavy atom. The predicted molar refractivity (Wildman–Crippen MR) is 114 cm³/mol. The van der Waals surface area contributed by atoms with Crippen molar-refractivity contribution >= 4 is 33.2 Å². The fraction of sp³-hybridized carbons (Fsp3) is 0.350.